The van der Waals surface area contributed by atoms with Gasteiger partial charge in [0.2, 0.25) is 0 Å². The average molecular weight is 374 g/mol. The van der Waals surface area contributed by atoms with Gasteiger partial charge in [-0.2, -0.15) is 0 Å². The van der Waals surface area contributed by atoms with Crippen LogP contribution in [0.4, 0.5) is 4.70 Å². The largest absolute Gasteiger partial charge is 0.576 e. The first-order chi connectivity index (χ1) is 12.3. The van der Waals surface area contributed by atoms with Crippen molar-refractivity contribution in [1.29, 1.82) is 0 Å². The van der Waals surface area contributed by atoms with Crippen molar-refractivity contribution in [3.63, 3.8) is 0 Å². The number of hydrogen-bond donors (Lipinski definition) is 0. The molecule has 0 aliphatic heterocycles. The van der Waals surface area contributed by atoms with E-state index in [4.69, 9.17) is 13.3 Å². The van der Waals surface area contributed by atoms with Crippen LogP contribution in [0.15, 0.2) is 48.5 Å². The van der Waals surface area contributed by atoms with E-state index in [-0.39, 0.29) is 4.70 Å². The van der Waals surface area contributed by atoms with Crippen molar-refractivity contribution >= 4 is 31.1 Å². The van der Waals surface area contributed by atoms with Gasteiger partial charge in [0.25, 0.3) is 0 Å². The van der Waals surface area contributed by atoms with E-state index in [9.17, 15) is 0 Å². The van der Waals surface area contributed by atoms with E-state index in [2.05, 4.69) is 48.5 Å². The summed E-state index contributed by atoms with van der Waals surface area (Å²) in [7, 11) is 3.31. The van der Waals surface area contributed by atoms with E-state index >= 15 is 0 Å². The normalized spacial score (nSPS) is 13.1. The van der Waals surface area contributed by atoms with Crippen LogP contribution in [0, 0.1) is 0 Å². The molecule has 0 heterocycles. The Balaban J connectivity index is 0.000000265. The number of aryl methyl sites for hydroxylation is 2. The van der Waals surface area contributed by atoms with E-state index in [1.54, 1.807) is 32.5 Å². The lowest BCUT2D eigenvalue weighted by atomic mass is 9.86. The second-order valence-corrected chi connectivity index (χ2v) is 7.88. The molecular weight excluding hydrogens is 347 g/mol. The minimum absolute atomic E-state index is 0. The highest BCUT2D eigenvalue weighted by Gasteiger charge is 2.13. The molecule has 0 saturated heterocycles. The van der Waals surface area contributed by atoms with Crippen LogP contribution in [0.2, 0.25) is 0 Å². The SMILES string of the molecule is CO[Si](OC)OC.F.c1ccc2c(c1)ccc1c3c(ccc12)CCCC3. The first-order valence-corrected chi connectivity index (χ1v) is 9.92. The van der Waals surface area contributed by atoms with Gasteiger partial charge in [0.1, 0.15) is 0 Å². The van der Waals surface area contributed by atoms with Crippen molar-refractivity contribution in [3.8, 4) is 0 Å². The van der Waals surface area contributed by atoms with Crippen LogP contribution in [-0.2, 0) is 26.1 Å². The highest BCUT2D eigenvalue weighted by Crippen LogP contribution is 2.33. The summed E-state index contributed by atoms with van der Waals surface area (Å²) >= 11 is 0. The minimum Gasteiger partial charge on any atom is -0.375 e. The molecule has 0 bridgehead atoms. The molecule has 4 rings (SSSR count). The Hall–Kier alpha value is -1.79. The van der Waals surface area contributed by atoms with E-state index in [0.717, 1.165) is 0 Å². The second kappa shape index (κ2) is 9.78. The molecule has 0 unspecified atom stereocenters. The van der Waals surface area contributed by atoms with Crippen molar-refractivity contribution in [3.05, 3.63) is 59.7 Å². The van der Waals surface area contributed by atoms with Gasteiger partial charge >= 0.3 is 9.53 Å². The Labute approximate surface area is 156 Å². The number of fused-ring (bicyclic) bond motifs is 5. The fraction of sp³-hybridized carbons (Fsp3) is 0.333. The standard InChI is InChI=1S/C18H16.C3H9O3Si.FH/c1-3-7-15-13(5-1)9-11-18-16-8-4-2-6-14(16)10-12-17(15)18;1-4-7(5-2)6-3;/h1,3,5,7,9-12H,2,4,6,8H2;1-3H3;1H. The van der Waals surface area contributed by atoms with Gasteiger partial charge in [-0.05, 0) is 58.4 Å². The summed E-state index contributed by atoms with van der Waals surface area (Å²) in [5.74, 6) is 0. The smallest absolute Gasteiger partial charge is 0.375 e. The van der Waals surface area contributed by atoms with Gasteiger partial charge in [-0.1, -0.05) is 48.5 Å². The van der Waals surface area contributed by atoms with Crippen molar-refractivity contribution < 1.29 is 18.0 Å². The predicted octanol–water partition coefficient (Wildman–Crippen LogP) is 4.93. The lowest BCUT2D eigenvalue weighted by Crippen LogP contribution is -2.21. The van der Waals surface area contributed by atoms with Crippen LogP contribution in [-0.4, -0.2) is 30.9 Å². The van der Waals surface area contributed by atoms with Gasteiger partial charge < -0.3 is 13.3 Å². The van der Waals surface area contributed by atoms with Crippen LogP contribution in [0.1, 0.15) is 24.0 Å². The number of halogens is 1. The molecular formula is C21H26FO3Si. The van der Waals surface area contributed by atoms with Gasteiger partial charge in [0, 0.05) is 21.3 Å². The molecule has 0 aromatic heterocycles. The third kappa shape index (κ3) is 4.30. The monoisotopic (exact) mass is 373 g/mol. The van der Waals surface area contributed by atoms with E-state index in [1.807, 2.05) is 0 Å². The molecule has 1 aliphatic carbocycles. The van der Waals surface area contributed by atoms with Gasteiger partial charge in [-0.15, -0.1) is 0 Å². The molecule has 0 N–H and O–H groups in total. The summed E-state index contributed by atoms with van der Waals surface area (Å²) in [6.45, 7) is 0. The highest BCUT2D eigenvalue weighted by atomic mass is 28.3. The van der Waals surface area contributed by atoms with Crippen molar-refractivity contribution in [1.82, 2.24) is 0 Å². The van der Waals surface area contributed by atoms with E-state index in [1.165, 1.54) is 47.2 Å². The third-order valence-corrected chi connectivity index (χ3v) is 5.76. The van der Waals surface area contributed by atoms with Gasteiger partial charge in [-0.25, -0.2) is 0 Å². The summed E-state index contributed by atoms with van der Waals surface area (Å²) in [5.41, 5.74) is 3.17. The molecule has 3 aromatic rings. The molecule has 3 aromatic carbocycles. The summed E-state index contributed by atoms with van der Waals surface area (Å²) < 4.78 is 14.1. The number of hydrogen-bond acceptors (Lipinski definition) is 3. The zero-order valence-corrected chi connectivity index (χ0v) is 16.6. The molecule has 0 amide bonds. The molecule has 26 heavy (non-hydrogen) atoms. The van der Waals surface area contributed by atoms with E-state index in [0.29, 0.717) is 0 Å². The first-order valence-electron chi connectivity index (χ1n) is 8.69. The van der Waals surface area contributed by atoms with Crippen LogP contribution in [0.5, 0.6) is 0 Å². The Bertz CT molecular complexity index is 844. The highest BCUT2D eigenvalue weighted by molar-refractivity contribution is 6.36. The molecule has 0 atom stereocenters. The lowest BCUT2D eigenvalue weighted by molar-refractivity contribution is 0.163. The third-order valence-electron chi connectivity index (χ3n) is 4.76. The fourth-order valence-electron chi connectivity index (χ4n) is 3.59. The molecule has 0 spiro atoms. The van der Waals surface area contributed by atoms with E-state index < -0.39 is 9.53 Å². The molecule has 0 fully saturated rings. The Morgan fingerprint density at radius 1 is 0.692 bits per heavy atom. The Morgan fingerprint density at radius 2 is 1.35 bits per heavy atom. The molecule has 3 nitrogen and oxygen atoms in total. The van der Waals surface area contributed by atoms with Crippen LogP contribution >= 0.6 is 0 Å². The summed E-state index contributed by atoms with van der Waals surface area (Å²) in [6.07, 6.45) is 5.22. The molecule has 1 radical (unpaired) electrons. The molecule has 0 saturated carbocycles. The Kier molecular flexibility index (Phi) is 7.72. The van der Waals surface area contributed by atoms with Crippen LogP contribution < -0.4 is 0 Å². The maximum atomic E-state index is 4.71. The fourth-order valence-corrected chi connectivity index (χ4v) is 4.09. The van der Waals surface area contributed by atoms with Crippen LogP contribution in [0.3, 0.4) is 0 Å². The topological polar surface area (TPSA) is 27.7 Å². The van der Waals surface area contributed by atoms with Crippen molar-refractivity contribution in [2.75, 3.05) is 21.3 Å². The maximum Gasteiger partial charge on any atom is 0.576 e. The summed E-state index contributed by atoms with van der Waals surface area (Å²) in [6, 6.07) is 18.0. The van der Waals surface area contributed by atoms with Crippen molar-refractivity contribution in [2.45, 2.75) is 25.7 Å². The molecule has 5 heteroatoms. The summed E-state index contributed by atoms with van der Waals surface area (Å²) in [5, 5.41) is 5.64. The zero-order valence-electron chi connectivity index (χ0n) is 15.6. The quantitative estimate of drug-likeness (QED) is 0.481. The molecule has 1 aliphatic rings. The van der Waals surface area contributed by atoms with Gasteiger partial charge in [0.15, 0.2) is 0 Å². The van der Waals surface area contributed by atoms with Crippen LogP contribution in [0.25, 0.3) is 21.5 Å². The first kappa shape index (κ1) is 20.5. The number of rotatable bonds is 3. The predicted molar refractivity (Wildman–Crippen MR) is 107 cm³/mol. The molecule has 139 valence electrons. The van der Waals surface area contributed by atoms with Gasteiger partial charge in [0.05, 0.1) is 0 Å². The van der Waals surface area contributed by atoms with Gasteiger partial charge in [-0.3, -0.25) is 4.70 Å². The number of benzene rings is 3. The average Bonchev–Trinajstić information content (AvgIpc) is 2.69. The lowest BCUT2D eigenvalue weighted by Gasteiger charge is -2.18. The minimum atomic E-state index is -1.36. The maximum absolute atomic E-state index is 4.71. The zero-order chi connectivity index (χ0) is 17.6. The summed E-state index contributed by atoms with van der Waals surface area (Å²) in [4.78, 5) is 0. The second-order valence-electron chi connectivity index (χ2n) is 6.15. The van der Waals surface area contributed by atoms with Crippen molar-refractivity contribution in [2.24, 2.45) is 0 Å². The Morgan fingerprint density at radius 3 is 2.04 bits per heavy atom.